The summed E-state index contributed by atoms with van der Waals surface area (Å²) in [5.41, 5.74) is 8.83. The lowest BCUT2D eigenvalue weighted by atomic mass is 9.78. The Morgan fingerprint density at radius 2 is 2.08 bits per heavy atom. The smallest absolute Gasteiger partial charge is 0.225 e. The van der Waals surface area contributed by atoms with Gasteiger partial charge in [-0.3, -0.25) is 9.78 Å². The summed E-state index contributed by atoms with van der Waals surface area (Å²) in [6.45, 7) is 3.84. The fraction of sp³-hybridized carbons (Fsp3) is 0.476. The topological polar surface area (TPSA) is 83.1 Å². The van der Waals surface area contributed by atoms with Gasteiger partial charge in [0.15, 0.2) is 0 Å². The molecular weight excluding hydrogens is 324 g/mol. The first kappa shape index (κ1) is 17.2. The van der Waals surface area contributed by atoms with Crippen LogP contribution in [-0.4, -0.2) is 41.1 Å². The van der Waals surface area contributed by atoms with Gasteiger partial charge in [0.1, 0.15) is 0 Å². The number of likely N-dealkylation sites (tertiary alicyclic amines) is 1. The van der Waals surface area contributed by atoms with Crippen molar-refractivity contribution in [2.24, 2.45) is 17.6 Å². The molecule has 1 aromatic heterocycles. The Morgan fingerprint density at radius 1 is 1.27 bits per heavy atom. The molecule has 5 nitrogen and oxygen atoms in total. The molecule has 1 amide bonds. The molecule has 26 heavy (non-hydrogen) atoms. The summed E-state index contributed by atoms with van der Waals surface area (Å²) < 4.78 is 0. The number of nitrogens with zero attached hydrogens (tertiary/aromatic N) is 2. The highest BCUT2D eigenvalue weighted by Crippen LogP contribution is 2.36. The molecule has 1 saturated carbocycles. The largest absolute Gasteiger partial charge is 0.342 e. The van der Waals surface area contributed by atoms with E-state index in [9.17, 15) is 4.79 Å². The van der Waals surface area contributed by atoms with Crippen LogP contribution >= 0.6 is 0 Å². The van der Waals surface area contributed by atoms with Crippen molar-refractivity contribution in [1.82, 2.24) is 9.88 Å². The lowest BCUT2D eigenvalue weighted by molar-refractivity contribution is -0.140. The number of benzene rings is 1. The molecule has 2 atom stereocenters. The number of carbonyl (C=O) groups is 1. The van der Waals surface area contributed by atoms with Crippen molar-refractivity contribution in [2.45, 2.75) is 38.1 Å². The standard InChI is InChI=1S/C21H26N4O/c1-13-7-16(12-25(11-13)21(26)15-8-17(23)9-15)18-5-4-14(10-22)20-19(18)3-2-6-24-20/h2-6,10,13,15-17,22H,7-9,11-12,23H2,1H3/t13-,15?,16-,17?/m1/s1. The normalized spacial score (nSPS) is 28.6. The van der Waals surface area contributed by atoms with Gasteiger partial charge >= 0.3 is 0 Å². The van der Waals surface area contributed by atoms with Crippen molar-refractivity contribution in [1.29, 1.82) is 5.41 Å². The van der Waals surface area contributed by atoms with E-state index in [0.717, 1.165) is 48.8 Å². The lowest BCUT2D eigenvalue weighted by Gasteiger charge is -2.41. The summed E-state index contributed by atoms with van der Waals surface area (Å²) >= 11 is 0. The van der Waals surface area contributed by atoms with Crippen LogP contribution < -0.4 is 5.73 Å². The summed E-state index contributed by atoms with van der Waals surface area (Å²) in [5.74, 6) is 1.18. The summed E-state index contributed by atoms with van der Waals surface area (Å²) in [5, 5.41) is 8.73. The Hall–Kier alpha value is -2.27. The van der Waals surface area contributed by atoms with Gasteiger partial charge in [-0.1, -0.05) is 25.1 Å². The van der Waals surface area contributed by atoms with E-state index in [2.05, 4.69) is 28.9 Å². The van der Waals surface area contributed by atoms with E-state index in [1.807, 2.05) is 12.1 Å². The number of carbonyl (C=O) groups excluding carboxylic acids is 1. The number of nitrogens with two attached hydrogens (primary N) is 1. The van der Waals surface area contributed by atoms with Crippen molar-refractivity contribution in [3.63, 3.8) is 0 Å². The molecule has 1 aliphatic carbocycles. The summed E-state index contributed by atoms with van der Waals surface area (Å²) in [7, 11) is 0. The summed E-state index contributed by atoms with van der Waals surface area (Å²) in [4.78, 5) is 19.4. The maximum Gasteiger partial charge on any atom is 0.225 e. The molecule has 4 rings (SSSR count). The molecule has 136 valence electrons. The van der Waals surface area contributed by atoms with Gasteiger partial charge < -0.3 is 16.0 Å². The minimum absolute atomic E-state index is 0.120. The minimum atomic E-state index is 0.120. The second-order valence-corrected chi connectivity index (χ2v) is 8.00. The number of hydrogen-bond donors (Lipinski definition) is 2. The zero-order chi connectivity index (χ0) is 18.3. The first-order valence-electron chi connectivity index (χ1n) is 9.49. The van der Waals surface area contributed by atoms with E-state index in [1.165, 1.54) is 11.8 Å². The van der Waals surface area contributed by atoms with Crippen molar-refractivity contribution in [3.8, 4) is 0 Å². The zero-order valence-electron chi connectivity index (χ0n) is 15.2. The first-order chi connectivity index (χ1) is 12.6. The summed E-state index contributed by atoms with van der Waals surface area (Å²) in [6, 6.07) is 8.33. The van der Waals surface area contributed by atoms with Crippen LogP contribution in [0.3, 0.4) is 0 Å². The molecule has 2 aliphatic rings. The molecule has 0 spiro atoms. The van der Waals surface area contributed by atoms with Gasteiger partial charge in [0, 0.05) is 54.3 Å². The third kappa shape index (κ3) is 3.01. The van der Waals surface area contributed by atoms with E-state index in [-0.39, 0.29) is 17.9 Å². The minimum Gasteiger partial charge on any atom is -0.342 e. The molecule has 0 radical (unpaired) electrons. The Labute approximate surface area is 154 Å². The lowest BCUT2D eigenvalue weighted by Crippen LogP contribution is -2.50. The Bertz CT molecular complexity index is 843. The number of rotatable bonds is 3. The number of piperidine rings is 1. The molecule has 1 saturated heterocycles. The van der Waals surface area contributed by atoms with Crippen molar-refractivity contribution < 1.29 is 4.79 Å². The Morgan fingerprint density at radius 3 is 2.81 bits per heavy atom. The van der Waals surface area contributed by atoms with Crippen LogP contribution in [0.5, 0.6) is 0 Å². The molecule has 1 aromatic carbocycles. The van der Waals surface area contributed by atoms with Crippen LogP contribution in [0.2, 0.25) is 0 Å². The second-order valence-electron chi connectivity index (χ2n) is 8.00. The van der Waals surface area contributed by atoms with Crippen molar-refractivity contribution >= 4 is 23.0 Å². The fourth-order valence-corrected chi connectivity index (χ4v) is 4.57. The van der Waals surface area contributed by atoms with Gasteiger partial charge in [-0.25, -0.2) is 0 Å². The number of hydrogen-bond acceptors (Lipinski definition) is 4. The monoisotopic (exact) mass is 350 g/mol. The number of aromatic nitrogens is 1. The van der Waals surface area contributed by atoms with Crippen molar-refractivity contribution in [3.05, 3.63) is 41.6 Å². The highest BCUT2D eigenvalue weighted by Gasteiger charge is 2.38. The van der Waals surface area contributed by atoms with Gasteiger partial charge in [-0.2, -0.15) is 0 Å². The van der Waals surface area contributed by atoms with Gasteiger partial charge in [0.2, 0.25) is 5.91 Å². The summed E-state index contributed by atoms with van der Waals surface area (Å²) in [6.07, 6.45) is 5.86. The average Bonchev–Trinajstić information content (AvgIpc) is 2.63. The van der Waals surface area contributed by atoms with Crippen LogP contribution in [0.25, 0.3) is 10.9 Å². The molecule has 2 aromatic rings. The zero-order valence-corrected chi connectivity index (χ0v) is 15.2. The van der Waals surface area contributed by atoms with Crippen LogP contribution in [0.1, 0.15) is 43.2 Å². The van der Waals surface area contributed by atoms with Crippen molar-refractivity contribution in [2.75, 3.05) is 13.1 Å². The van der Waals surface area contributed by atoms with E-state index in [1.54, 1.807) is 6.20 Å². The Kier molecular flexibility index (Phi) is 4.49. The molecule has 0 bridgehead atoms. The van der Waals surface area contributed by atoms with E-state index in [4.69, 9.17) is 11.1 Å². The molecule has 2 fully saturated rings. The fourth-order valence-electron chi connectivity index (χ4n) is 4.57. The predicted molar refractivity (Wildman–Crippen MR) is 103 cm³/mol. The first-order valence-corrected chi connectivity index (χ1v) is 9.49. The number of nitrogens with one attached hydrogen (secondary N) is 1. The third-order valence-electron chi connectivity index (χ3n) is 5.93. The average molecular weight is 350 g/mol. The molecular formula is C21H26N4O. The predicted octanol–water partition coefficient (Wildman–Crippen LogP) is 2.92. The van der Waals surface area contributed by atoms with Gasteiger partial charge in [-0.15, -0.1) is 0 Å². The Balaban J connectivity index is 1.64. The van der Waals surface area contributed by atoms with Gasteiger partial charge in [0.05, 0.1) is 5.52 Å². The molecule has 0 unspecified atom stereocenters. The van der Waals surface area contributed by atoms with E-state index in [0.29, 0.717) is 11.8 Å². The highest BCUT2D eigenvalue weighted by molar-refractivity contribution is 5.98. The number of pyridine rings is 1. The maximum atomic E-state index is 12.8. The van der Waals surface area contributed by atoms with Crippen LogP contribution in [0.4, 0.5) is 0 Å². The van der Waals surface area contributed by atoms with E-state index >= 15 is 0 Å². The quantitative estimate of drug-likeness (QED) is 0.835. The van der Waals surface area contributed by atoms with Crippen LogP contribution in [0.15, 0.2) is 30.5 Å². The molecule has 5 heteroatoms. The van der Waals surface area contributed by atoms with Gasteiger partial charge in [-0.05, 0) is 36.8 Å². The number of amides is 1. The highest BCUT2D eigenvalue weighted by atomic mass is 16.2. The SMILES string of the molecule is C[C@@H]1C[C@@H](c2ccc(C=N)c3ncccc23)CN(C(=O)C2CC(N)C2)C1. The second kappa shape index (κ2) is 6.80. The van der Waals surface area contributed by atoms with Crippen LogP contribution in [0, 0.1) is 17.2 Å². The molecule has 3 N–H and O–H groups in total. The van der Waals surface area contributed by atoms with Crippen LogP contribution in [-0.2, 0) is 4.79 Å². The van der Waals surface area contributed by atoms with E-state index < -0.39 is 0 Å². The third-order valence-corrected chi connectivity index (χ3v) is 5.93. The number of fused-ring (bicyclic) bond motifs is 1. The van der Waals surface area contributed by atoms with Gasteiger partial charge in [0.25, 0.3) is 0 Å². The maximum absolute atomic E-state index is 12.8. The molecule has 1 aliphatic heterocycles. The molecule has 2 heterocycles.